The van der Waals surface area contributed by atoms with E-state index in [1.165, 1.54) is 24.5 Å². The van der Waals surface area contributed by atoms with Crippen LogP contribution in [-0.2, 0) is 0 Å². The van der Waals surface area contributed by atoms with Crippen LogP contribution in [0.4, 0.5) is 16.0 Å². The largest absolute Gasteiger partial charge is 0.314 e. The maximum absolute atomic E-state index is 12.8. The predicted molar refractivity (Wildman–Crippen MR) is 61.9 cm³/mol. The van der Waals surface area contributed by atoms with Crippen LogP contribution in [0.2, 0.25) is 0 Å². The van der Waals surface area contributed by atoms with Gasteiger partial charge >= 0.3 is 0 Å². The van der Waals surface area contributed by atoms with Crippen molar-refractivity contribution >= 4 is 17.9 Å². The van der Waals surface area contributed by atoms with E-state index in [9.17, 15) is 9.18 Å². The fraction of sp³-hybridized carbons (Fsp3) is 0.0833. The molecule has 1 aromatic carbocycles. The lowest BCUT2D eigenvalue weighted by molar-refractivity contribution is 0.112. The second-order valence-electron chi connectivity index (χ2n) is 3.47. The van der Waals surface area contributed by atoms with Gasteiger partial charge in [-0.25, -0.2) is 14.4 Å². The van der Waals surface area contributed by atoms with Crippen LogP contribution in [0, 0.1) is 5.82 Å². The Hall–Kier alpha value is -2.30. The molecule has 0 N–H and O–H groups in total. The molecule has 0 radical (unpaired) electrons. The van der Waals surface area contributed by atoms with Crippen molar-refractivity contribution in [3.63, 3.8) is 0 Å². The number of aldehydes is 1. The molecule has 0 bridgehead atoms. The Kier molecular flexibility index (Phi) is 3.09. The van der Waals surface area contributed by atoms with Gasteiger partial charge in [0.15, 0.2) is 6.29 Å². The highest BCUT2D eigenvalue weighted by molar-refractivity contribution is 5.73. The van der Waals surface area contributed by atoms with Crippen LogP contribution in [0.15, 0.2) is 36.7 Å². The van der Waals surface area contributed by atoms with Gasteiger partial charge in [-0.05, 0) is 24.3 Å². The fourth-order valence-electron chi connectivity index (χ4n) is 1.35. The van der Waals surface area contributed by atoms with Gasteiger partial charge in [0.2, 0.25) is 5.95 Å². The number of nitrogens with zero attached hydrogens (tertiary/aromatic N) is 3. The van der Waals surface area contributed by atoms with Crippen LogP contribution in [-0.4, -0.2) is 23.3 Å². The molecule has 1 aromatic heterocycles. The lowest BCUT2D eigenvalue weighted by atomic mass is 10.3. The molecule has 0 saturated carbocycles. The summed E-state index contributed by atoms with van der Waals surface area (Å²) in [5.74, 6) is 0.154. The fourth-order valence-corrected chi connectivity index (χ4v) is 1.35. The van der Waals surface area contributed by atoms with Gasteiger partial charge in [-0.15, -0.1) is 0 Å². The van der Waals surface area contributed by atoms with E-state index in [1.807, 2.05) is 0 Å². The molecule has 0 spiro atoms. The molecule has 0 amide bonds. The normalized spacial score (nSPS) is 10.0. The zero-order valence-corrected chi connectivity index (χ0v) is 9.17. The molecule has 2 rings (SSSR count). The number of carbonyl (C=O) groups is 1. The van der Waals surface area contributed by atoms with Gasteiger partial charge in [-0.1, -0.05) is 0 Å². The van der Waals surface area contributed by atoms with E-state index in [0.29, 0.717) is 17.8 Å². The first-order chi connectivity index (χ1) is 8.20. The average molecular weight is 231 g/mol. The van der Waals surface area contributed by atoms with Gasteiger partial charge in [0.1, 0.15) is 5.82 Å². The molecule has 0 aliphatic rings. The Balaban J connectivity index is 2.26. The molecule has 5 heteroatoms. The lowest BCUT2D eigenvalue weighted by Crippen LogP contribution is -2.13. The highest BCUT2D eigenvalue weighted by Crippen LogP contribution is 2.19. The highest BCUT2D eigenvalue weighted by atomic mass is 19.1. The van der Waals surface area contributed by atoms with E-state index in [4.69, 9.17) is 0 Å². The standard InChI is InChI=1S/C12H10FN3O/c1-16(11-4-2-10(13)3-5-11)12-14-6-9(8-17)7-15-12/h2-8H,1H3. The molecule has 4 nitrogen and oxygen atoms in total. The van der Waals surface area contributed by atoms with E-state index in [1.54, 1.807) is 24.1 Å². The monoisotopic (exact) mass is 231 g/mol. The van der Waals surface area contributed by atoms with Crippen molar-refractivity contribution in [3.8, 4) is 0 Å². The van der Waals surface area contributed by atoms with E-state index >= 15 is 0 Å². The van der Waals surface area contributed by atoms with Crippen LogP contribution in [0.3, 0.4) is 0 Å². The van der Waals surface area contributed by atoms with Crippen molar-refractivity contribution in [1.29, 1.82) is 0 Å². The van der Waals surface area contributed by atoms with E-state index in [2.05, 4.69) is 9.97 Å². The number of aromatic nitrogens is 2. The summed E-state index contributed by atoms with van der Waals surface area (Å²) in [6, 6.07) is 6.00. The molecule has 0 fully saturated rings. The second-order valence-corrected chi connectivity index (χ2v) is 3.47. The third-order valence-corrected chi connectivity index (χ3v) is 2.31. The van der Waals surface area contributed by atoms with E-state index < -0.39 is 0 Å². The first-order valence-corrected chi connectivity index (χ1v) is 4.97. The molecule has 0 unspecified atom stereocenters. The molecule has 0 aliphatic carbocycles. The van der Waals surface area contributed by atoms with Crippen molar-refractivity contribution in [2.45, 2.75) is 0 Å². The van der Waals surface area contributed by atoms with Gasteiger partial charge in [-0.2, -0.15) is 0 Å². The molecule has 0 aliphatic heterocycles. The van der Waals surface area contributed by atoms with Crippen molar-refractivity contribution < 1.29 is 9.18 Å². The molecule has 86 valence electrons. The predicted octanol–water partition coefficient (Wildman–Crippen LogP) is 2.20. The number of hydrogen-bond donors (Lipinski definition) is 0. The minimum absolute atomic E-state index is 0.292. The Morgan fingerprint density at radius 2 is 1.76 bits per heavy atom. The molecule has 0 saturated heterocycles. The Morgan fingerprint density at radius 1 is 1.18 bits per heavy atom. The minimum atomic E-state index is -0.292. The summed E-state index contributed by atoms with van der Waals surface area (Å²) in [6.45, 7) is 0. The maximum atomic E-state index is 12.8. The number of benzene rings is 1. The molecule has 1 heterocycles. The summed E-state index contributed by atoms with van der Waals surface area (Å²) >= 11 is 0. The smallest absolute Gasteiger partial charge is 0.229 e. The van der Waals surface area contributed by atoms with Gasteiger partial charge < -0.3 is 4.90 Å². The van der Waals surface area contributed by atoms with Crippen molar-refractivity contribution in [2.75, 3.05) is 11.9 Å². The minimum Gasteiger partial charge on any atom is -0.314 e. The van der Waals surface area contributed by atoms with Gasteiger partial charge in [0.25, 0.3) is 0 Å². The van der Waals surface area contributed by atoms with Crippen molar-refractivity contribution in [3.05, 3.63) is 48.0 Å². The third kappa shape index (κ3) is 2.44. The lowest BCUT2D eigenvalue weighted by Gasteiger charge is -2.16. The SMILES string of the molecule is CN(c1ccc(F)cc1)c1ncc(C=O)cn1. The summed E-state index contributed by atoms with van der Waals surface area (Å²) in [5, 5.41) is 0. The van der Waals surface area contributed by atoms with Gasteiger partial charge in [0.05, 0.1) is 5.56 Å². The van der Waals surface area contributed by atoms with Gasteiger partial charge in [0, 0.05) is 25.1 Å². The first kappa shape index (κ1) is 11.2. The summed E-state index contributed by atoms with van der Waals surface area (Å²) in [4.78, 5) is 20.2. The van der Waals surface area contributed by atoms with Crippen molar-refractivity contribution in [2.24, 2.45) is 0 Å². The summed E-state index contributed by atoms with van der Waals surface area (Å²) < 4.78 is 12.8. The Bertz CT molecular complexity index is 510. The van der Waals surface area contributed by atoms with Crippen LogP contribution >= 0.6 is 0 Å². The van der Waals surface area contributed by atoms with Gasteiger partial charge in [-0.3, -0.25) is 4.79 Å². The summed E-state index contributed by atoms with van der Waals surface area (Å²) in [6.07, 6.45) is 3.56. The van der Waals surface area contributed by atoms with E-state index in [-0.39, 0.29) is 5.82 Å². The summed E-state index contributed by atoms with van der Waals surface area (Å²) in [5.41, 5.74) is 1.19. The average Bonchev–Trinajstić information content (AvgIpc) is 2.39. The molecule has 0 atom stereocenters. The number of hydrogen-bond acceptors (Lipinski definition) is 4. The molecule has 2 aromatic rings. The highest BCUT2D eigenvalue weighted by Gasteiger charge is 2.06. The second kappa shape index (κ2) is 4.69. The van der Waals surface area contributed by atoms with E-state index in [0.717, 1.165) is 5.69 Å². The third-order valence-electron chi connectivity index (χ3n) is 2.31. The molecular formula is C12H10FN3O. The Labute approximate surface area is 97.7 Å². The molecule has 17 heavy (non-hydrogen) atoms. The van der Waals surface area contributed by atoms with Crippen LogP contribution < -0.4 is 4.90 Å². The zero-order chi connectivity index (χ0) is 12.3. The number of halogens is 1. The maximum Gasteiger partial charge on any atom is 0.229 e. The number of carbonyl (C=O) groups excluding carboxylic acids is 1. The topological polar surface area (TPSA) is 46.1 Å². The first-order valence-electron chi connectivity index (χ1n) is 4.97. The number of anilines is 2. The zero-order valence-electron chi connectivity index (χ0n) is 9.17. The van der Waals surface area contributed by atoms with Crippen LogP contribution in [0.5, 0.6) is 0 Å². The number of rotatable bonds is 3. The van der Waals surface area contributed by atoms with Crippen molar-refractivity contribution in [1.82, 2.24) is 9.97 Å². The molecular weight excluding hydrogens is 221 g/mol. The summed E-state index contributed by atoms with van der Waals surface area (Å²) in [7, 11) is 1.77. The quantitative estimate of drug-likeness (QED) is 0.760. The Morgan fingerprint density at radius 3 is 2.29 bits per heavy atom. The van der Waals surface area contributed by atoms with Crippen LogP contribution in [0.1, 0.15) is 10.4 Å². The van der Waals surface area contributed by atoms with Crippen LogP contribution in [0.25, 0.3) is 0 Å².